The normalized spacial score (nSPS) is 18.5. The second-order valence-corrected chi connectivity index (χ2v) is 10.9. The third-order valence-electron chi connectivity index (χ3n) is 8.36. The van der Waals surface area contributed by atoms with Crippen molar-refractivity contribution < 1.29 is 9.59 Å². The van der Waals surface area contributed by atoms with Crippen LogP contribution in [0.2, 0.25) is 0 Å². The highest BCUT2D eigenvalue weighted by molar-refractivity contribution is 6.06. The summed E-state index contributed by atoms with van der Waals surface area (Å²) in [7, 11) is 0. The zero-order valence-corrected chi connectivity index (χ0v) is 24.0. The number of anilines is 3. The lowest BCUT2D eigenvalue weighted by molar-refractivity contribution is -0.119. The second kappa shape index (κ2) is 12.5. The number of carbonyl (C=O) groups excluding carboxylic acids is 2. The van der Waals surface area contributed by atoms with Gasteiger partial charge in [0.2, 0.25) is 5.91 Å². The maximum Gasteiger partial charge on any atom is 0.227 e. The van der Waals surface area contributed by atoms with Gasteiger partial charge >= 0.3 is 0 Å². The quantitative estimate of drug-likeness (QED) is 0.282. The van der Waals surface area contributed by atoms with Gasteiger partial charge in [-0.25, -0.2) is 0 Å². The number of hydrogen-bond donors (Lipinski definition) is 1. The first-order valence-corrected chi connectivity index (χ1v) is 14.9. The van der Waals surface area contributed by atoms with Gasteiger partial charge in [0.25, 0.3) is 0 Å². The van der Waals surface area contributed by atoms with Gasteiger partial charge in [0.15, 0.2) is 5.78 Å². The fourth-order valence-electron chi connectivity index (χ4n) is 6.24. The molecule has 0 radical (unpaired) electrons. The number of nitrogens with zero attached hydrogens (tertiary/aromatic N) is 2. The van der Waals surface area contributed by atoms with Crippen LogP contribution in [-0.4, -0.2) is 24.8 Å². The molecule has 1 heterocycles. The number of allylic oxidation sites excluding steroid dienone is 1. The van der Waals surface area contributed by atoms with E-state index in [1.165, 1.54) is 5.56 Å². The Hall–Kier alpha value is -3.86. The predicted octanol–water partition coefficient (Wildman–Crippen LogP) is 8.01. The minimum atomic E-state index is -0.477. The molecule has 2 unspecified atom stereocenters. The fourth-order valence-corrected chi connectivity index (χ4v) is 6.24. The fraction of sp³-hybridized carbons (Fsp3) is 0.371. The minimum absolute atomic E-state index is 0.0623. The molecular weight excluding hydrogens is 494 g/mol. The van der Waals surface area contributed by atoms with E-state index in [0.717, 1.165) is 72.7 Å². The Kier molecular flexibility index (Phi) is 8.69. The molecule has 1 aliphatic carbocycles. The molecule has 0 saturated heterocycles. The van der Waals surface area contributed by atoms with Crippen molar-refractivity contribution in [2.75, 3.05) is 28.2 Å². The zero-order valence-electron chi connectivity index (χ0n) is 24.0. The van der Waals surface area contributed by atoms with Crippen molar-refractivity contribution in [1.29, 1.82) is 0 Å². The van der Waals surface area contributed by atoms with Crippen LogP contribution in [-0.2, 0) is 9.59 Å². The first-order chi connectivity index (χ1) is 19.5. The molecule has 2 atom stereocenters. The topological polar surface area (TPSA) is 52.7 Å². The molecule has 208 valence electrons. The van der Waals surface area contributed by atoms with Crippen LogP contribution in [0, 0.1) is 0 Å². The van der Waals surface area contributed by atoms with Crippen molar-refractivity contribution in [3.8, 4) is 0 Å². The average molecular weight is 536 g/mol. The first kappa shape index (κ1) is 27.7. The standard InChI is InChI=1S/C35H41N3O2/c1-4-7-9-18-33(40)38-31-17-13-12-16-29(31)36-30-23-27(25-14-10-8-11-15-25)24-32(39)34(30)35(38)26-19-21-28(22-20-26)37(5-2)6-3/h8,10-17,19-22,27,35-36H,4-7,9,18,23-24H2,1-3H3. The molecule has 2 aliphatic rings. The summed E-state index contributed by atoms with van der Waals surface area (Å²) < 4.78 is 0. The van der Waals surface area contributed by atoms with E-state index in [1.54, 1.807) is 0 Å². The number of nitrogens with one attached hydrogen (secondary N) is 1. The van der Waals surface area contributed by atoms with Crippen molar-refractivity contribution in [2.45, 2.75) is 71.3 Å². The molecule has 0 spiro atoms. The maximum absolute atomic E-state index is 14.2. The summed E-state index contributed by atoms with van der Waals surface area (Å²) in [6.45, 7) is 8.31. The molecule has 3 aromatic carbocycles. The molecule has 1 amide bonds. The average Bonchev–Trinajstić information content (AvgIpc) is 3.13. The highest BCUT2D eigenvalue weighted by atomic mass is 16.2. The number of fused-ring (bicyclic) bond motifs is 1. The predicted molar refractivity (Wildman–Crippen MR) is 165 cm³/mol. The van der Waals surface area contributed by atoms with Crippen LogP contribution >= 0.6 is 0 Å². The van der Waals surface area contributed by atoms with Gasteiger partial charge in [-0.05, 0) is 68.0 Å². The number of benzene rings is 3. The SMILES string of the molecule is CCCCCC(=O)N1c2ccccc2NC2=C(C(=O)CC(c3ccccc3)C2)C1c1ccc(N(CC)CC)cc1. The summed E-state index contributed by atoms with van der Waals surface area (Å²) in [5.74, 6) is 0.274. The molecule has 1 N–H and O–H groups in total. The summed E-state index contributed by atoms with van der Waals surface area (Å²) in [4.78, 5) is 32.4. The van der Waals surface area contributed by atoms with Crippen molar-refractivity contribution in [3.63, 3.8) is 0 Å². The van der Waals surface area contributed by atoms with E-state index in [9.17, 15) is 9.59 Å². The van der Waals surface area contributed by atoms with Gasteiger partial charge in [0.1, 0.15) is 0 Å². The number of amides is 1. The van der Waals surface area contributed by atoms with Crippen LogP contribution < -0.4 is 15.1 Å². The number of hydrogen-bond acceptors (Lipinski definition) is 4. The first-order valence-electron chi connectivity index (χ1n) is 14.9. The third kappa shape index (κ3) is 5.56. The van der Waals surface area contributed by atoms with Crippen LogP contribution in [0.1, 0.15) is 82.4 Å². The van der Waals surface area contributed by atoms with Crippen molar-refractivity contribution in [3.05, 3.63) is 101 Å². The summed E-state index contributed by atoms with van der Waals surface area (Å²) in [5.41, 5.74) is 6.66. The van der Waals surface area contributed by atoms with Gasteiger partial charge in [0.05, 0.1) is 17.4 Å². The van der Waals surface area contributed by atoms with E-state index in [1.807, 2.05) is 47.4 Å². The van der Waals surface area contributed by atoms with Crippen molar-refractivity contribution >= 4 is 28.8 Å². The largest absolute Gasteiger partial charge is 0.372 e. The van der Waals surface area contributed by atoms with E-state index < -0.39 is 6.04 Å². The molecule has 0 bridgehead atoms. The van der Waals surface area contributed by atoms with Crippen LogP contribution in [0.15, 0.2) is 90.1 Å². The molecule has 1 aliphatic heterocycles. The molecule has 3 aromatic rings. The molecule has 0 aromatic heterocycles. The van der Waals surface area contributed by atoms with Crippen molar-refractivity contribution in [1.82, 2.24) is 0 Å². The molecule has 5 nitrogen and oxygen atoms in total. The van der Waals surface area contributed by atoms with Crippen molar-refractivity contribution in [2.24, 2.45) is 0 Å². The van der Waals surface area contributed by atoms with Crippen LogP contribution in [0.5, 0.6) is 0 Å². The van der Waals surface area contributed by atoms with E-state index >= 15 is 0 Å². The number of carbonyl (C=O) groups is 2. The minimum Gasteiger partial charge on any atom is -0.372 e. The Labute approximate surface area is 238 Å². The molecule has 0 saturated carbocycles. The van der Waals surface area contributed by atoms with Gasteiger partial charge in [-0.3, -0.25) is 14.5 Å². The summed E-state index contributed by atoms with van der Waals surface area (Å²) in [6, 6.07) is 26.3. The van der Waals surface area contributed by atoms with Crippen LogP contribution in [0.4, 0.5) is 17.1 Å². The maximum atomic E-state index is 14.2. The highest BCUT2D eigenvalue weighted by Gasteiger charge is 2.41. The Balaban J connectivity index is 1.65. The van der Waals surface area contributed by atoms with E-state index in [4.69, 9.17) is 0 Å². The number of unbranched alkanes of at least 4 members (excludes halogenated alkanes) is 2. The van der Waals surface area contributed by atoms with Crippen LogP contribution in [0.25, 0.3) is 0 Å². The Morgan fingerprint density at radius 3 is 2.25 bits per heavy atom. The molecular formula is C35H41N3O2. The van der Waals surface area contributed by atoms with E-state index in [2.05, 4.69) is 67.4 Å². The zero-order chi connectivity index (χ0) is 28.1. The number of Topliss-reactive ketones (excluding diaryl/α,β-unsaturated/α-hetero) is 1. The van der Waals surface area contributed by atoms with Gasteiger partial charge in [-0.1, -0.05) is 74.4 Å². The second-order valence-electron chi connectivity index (χ2n) is 10.9. The molecule has 40 heavy (non-hydrogen) atoms. The third-order valence-corrected chi connectivity index (χ3v) is 8.36. The number of para-hydroxylation sites is 2. The van der Waals surface area contributed by atoms with Gasteiger partial charge < -0.3 is 10.2 Å². The molecule has 5 rings (SSSR count). The molecule has 0 fully saturated rings. The van der Waals surface area contributed by atoms with E-state index in [-0.39, 0.29) is 17.6 Å². The van der Waals surface area contributed by atoms with Gasteiger partial charge in [-0.15, -0.1) is 0 Å². The lowest BCUT2D eigenvalue weighted by Gasteiger charge is -2.35. The Morgan fingerprint density at radius 2 is 1.55 bits per heavy atom. The smallest absolute Gasteiger partial charge is 0.227 e. The summed E-state index contributed by atoms with van der Waals surface area (Å²) in [6.07, 6.45) is 4.52. The Morgan fingerprint density at radius 1 is 0.850 bits per heavy atom. The van der Waals surface area contributed by atoms with Gasteiger partial charge in [-0.2, -0.15) is 0 Å². The number of rotatable bonds is 9. The van der Waals surface area contributed by atoms with E-state index in [0.29, 0.717) is 12.8 Å². The van der Waals surface area contributed by atoms with Gasteiger partial charge in [0, 0.05) is 42.9 Å². The lowest BCUT2D eigenvalue weighted by atomic mass is 9.78. The summed E-state index contributed by atoms with van der Waals surface area (Å²) in [5, 5.41) is 3.65. The number of ketones is 1. The lowest BCUT2D eigenvalue weighted by Crippen LogP contribution is -2.38. The monoisotopic (exact) mass is 535 g/mol. The Bertz CT molecular complexity index is 1360. The molecule has 5 heteroatoms. The summed E-state index contributed by atoms with van der Waals surface area (Å²) >= 11 is 0. The highest BCUT2D eigenvalue weighted by Crippen LogP contribution is 2.47. The van der Waals surface area contributed by atoms with Crippen LogP contribution in [0.3, 0.4) is 0 Å².